The van der Waals surface area contributed by atoms with Gasteiger partial charge in [-0.15, -0.1) is 10.2 Å². The van der Waals surface area contributed by atoms with Gasteiger partial charge in [-0.2, -0.15) is 0 Å². The van der Waals surface area contributed by atoms with E-state index in [9.17, 15) is 4.79 Å². The first-order valence-electron chi connectivity index (χ1n) is 7.36. The van der Waals surface area contributed by atoms with Crippen molar-refractivity contribution >= 4 is 11.6 Å². The van der Waals surface area contributed by atoms with Crippen LogP contribution in [0.1, 0.15) is 50.9 Å². The number of carbonyl (C=O) groups excluding carboxylic acids is 1. The normalized spacial score (nSPS) is 18.1. The molecule has 2 aromatic rings. The molecule has 1 aliphatic rings. The zero-order chi connectivity index (χ0) is 13.9. The lowest BCUT2D eigenvalue weighted by molar-refractivity contribution is -0.126. The molecule has 0 saturated heterocycles. The molecule has 0 unspecified atom stereocenters. The number of nitrogens with one attached hydrogen (secondary N) is 1. The van der Waals surface area contributed by atoms with Crippen molar-refractivity contribution in [2.45, 2.75) is 45.1 Å². The third-order valence-corrected chi connectivity index (χ3v) is 4.06. The summed E-state index contributed by atoms with van der Waals surface area (Å²) in [6.07, 6.45) is 7.54. The lowest BCUT2D eigenvalue weighted by Crippen LogP contribution is -2.34. The topological polar surface area (TPSA) is 59.3 Å². The first kappa shape index (κ1) is 13.1. The number of aromatic nitrogens is 3. The zero-order valence-corrected chi connectivity index (χ0v) is 11.7. The molecule has 1 fully saturated rings. The smallest absolute Gasteiger partial charge is 0.223 e. The van der Waals surface area contributed by atoms with Crippen LogP contribution >= 0.6 is 0 Å². The molecule has 1 saturated carbocycles. The van der Waals surface area contributed by atoms with E-state index in [1.54, 1.807) is 0 Å². The summed E-state index contributed by atoms with van der Waals surface area (Å²) in [7, 11) is 0. The minimum absolute atomic E-state index is 0.123. The van der Waals surface area contributed by atoms with Crippen molar-refractivity contribution < 1.29 is 4.79 Å². The molecule has 0 bridgehead atoms. The highest BCUT2D eigenvalue weighted by Crippen LogP contribution is 2.24. The SMILES string of the molecule is C[C@H](NC(=O)C1CCCCC1)c1nnc2ccccn12. The third-order valence-electron chi connectivity index (χ3n) is 4.06. The van der Waals surface area contributed by atoms with Crippen molar-refractivity contribution in [3.63, 3.8) is 0 Å². The number of carbonyl (C=O) groups is 1. The van der Waals surface area contributed by atoms with E-state index in [2.05, 4.69) is 15.5 Å². The first-order chi connectivity index (χ1) is 9.75. The molecule has 0 radical (unpaired) electrons. The molecule has 1 amide bonds. The highest BCUT2D eigenvalue weighted by Gasteiger charge is 2.23. The molecular formula is C15H20N4O. The van der Waals surface area contributed by atoms with Gasteiger partial charge < -0.3 is 5.32 Å². The van der Waals surface area contributed by atoms with Crippen LogP contribution in [0.3, 0.4) is 0 Å². The Hall–Kier alpha value is -1.91. The van der Waals surface area contributed by atoms with Crippen molar-refractivity contribution in [3.05, 3.63) is 30.2 Å². The van der Waals surface area contributed by atoms with Gasteiger partial charge in [-0.3, -0.25) is 9.20 Å². The fourth-order valence-electron chi connectivity index (χ4n) is 2.92. The molecule has 5 heteroatoms. The second kappa shape index (κ2) is 5.61. The van der Waals surface area contributed by atoms with Gasteiger partial charge in [-0.25, -0.2) is 0 Å². The molecule has 2 aromatic heterocycles. The molecule has 20 heavy (non-hydrogen) atoms. The van der Waals surface area contributed by atoms with E-state index in [1.807, 2.05) is 35.7 Å². The standard InChI is InChI=1S/C15H20N4O/c1-11(16-15(20)12-7-3-2-4-8-12)14-18-17-13-9-5-6-10-19(13)14/h5-6,9-12H,2-4,7-8H2,1H3,(H,16,20)/t11-/m0/s1. The van der Waals surface area contributed by atoms with Gasteiger partial charge in [0.2, 0.25) is 5.91 Å². The van der Waals surface area contributed by atoms with Crippen LogP contribution in [0.2, 0.25) is 0 Å². The quantitative estimate of drug-likeness (QED) is 0.933. The minimum atomic E-state index is -0.123. The number of pyridine rings is 1. The highest BCUT2D eigenvalue weighted by atomic mass is 16.1. The van der Waals surface area contributed by atoms with E-state index < -0.39 is 0 Å². The van der Waals surface area contributed by atoms with E-state index in [0.29, 0.717) is 0 Å². The molecule has 0 aromatic carbocycles. The van der Waals surface area contributed by atoms with Gasteiger partial charge in [0.1, 0.15) is 0 Å². The Labute approximate surface area is 118 Å². The molecule has 0 aliphatic heterocycles. The summed E-state index contributed by atoms with van der Waals surface area (Å²) in [6, 6.07) is 5.66. The summed E-state index contributed by atoms with van der Waals surface area (Å²) in [4.78, 5) is 12.3. The Kier molecular flexibility index (Phi) is 3.67. The monoisotopic (exact) mass is 272 g/mol. The van der Waals surface area contributed by atoms with Crippen LogP contribution < -0.4 is 5.32 Å². The van der Waals surface area contributed by atoms with Gasteiger partial charge in [0, 0.05) is 12.1 Å². The Morgan fingerprint density at radius 1 is 1.30 bits per heavy atom. The van der Waals surface area contributed by atoms with Crippen LogP contribution in [0.15, 0.2) is 24.4 Å². The fourth-order valence-corrected chi connectivity index (χ4v) is 2.92. The minimum Gasteiger partial charge on any atom is -0.346 e. The van der Waals surface area contributed by atoms with Crippen LogP contribution in [0.5, 0.6) is 0 Å². The van der Waals surface area contributed by atoms with Crippen molar-refractivity contribution in [3.8, 4) is 0 Å². The predicted molar refractivity (Wildman–Crippen MR) is 76.1 cm³/mol. The van der Waals surface area contributed by atoms with Crippen LogP contribution in [0, 0.1) is 5.92 Å². The maximum atomic E-state index is 12.3. The van der Waals surface area contributed by atoms with Crippen molar-refractivity contribution in [2.24, 2.45) is 5.92 Å². The summed E-state index contributed by atoms with van der Waals surface area (Å²) in [5.74, 6) is 1.11. The predicted octanol–water partition coefficient (Wildman–Crippen LogP) is 2.49. The largest absolute Gasteiger partial charge is 0.346 e. The van der Waals surface area contributed by atoms with E-state index >= 15 is 0 Å². The Morgan fingerprint density at radius 3 is 2.90 bits per heavy atom. The van der Waals surface area contributed by atoms with Crippen molar-refractivity contribution in [1.82, 2.24) is 19.9 Å². The molecule has 2 heterocycles. The van der Waals surface area contributed by atoms with Crippen LogP contribution in [-0.4, -0.2) is 20.5 Å². The molecule has 106 valence electrons. The van der Waals surface area contributed by atoms with Crippen LogP contribution in [-0.2, 0) is 4.79 Å². The lowest BCUT2D eigenvalue weighted by Gasteiger charge is -2.22. The second-order valence-electron chi connectivity index (χ2n) is 5.55. The summed E-state index contributed by atoms with van der Waals surface area (Å²) < 4.78 is 1.92. The zero-order valence-electron chi connectivity index (χ0n) is 11.7. The van der Waals surface area contributed by atoms with Gasteiger partial charge in [0.05, 0.1) is 6.04 Å². The number of nitrogens with zero attached hydrogens (tertiary/aromatic N) is 3. The molecule has 1 atom stereocenters. The Bertz CT molecular complexity index is 601. The number of amides is 1. The molecule has 5 nitrogen and oxygen atoms in total. The van der Waals surface area contributed by atoms with Crippen molar-refractivity contribution in [2.75, 3.05) is 0 Å². The number of rotatable bonds is 3. The first-order valence-corrected chi connectivity index (χ1v) is 7.36. The summed E-state index contributed by atoms with van der Waals surface area (Å²) in [5.41, 5.74) is 0.807. The Balaban J connectivity index is 1.72. The molecule has 1 aliphatic carbocycles. The average Bonchev–Trinajstić information content (AvgIpc) is 2.92. The summed E-state index contributed by atoms with van der Waals surface area (Å²) >= 11 is 0. The van der Waals surface area contributed by atoms with Crippen LogP contribution in [0.25, 0.3) is 5.65 Å². The van der Waals surface area contributed by atoms with E-state index in [4.69, 9.17) is 0 Å². The molecular weight excluding hydrogens is 252 g/mol. The third kappa shape index (κ3) is 2.53. The Morgan fingerprint density at radius 2 is 2.10 bits per heavy atom. The maximum Gasteiger partial charge on any atom is 0.223 e. The molecule has 1 N–H and O–H groups in total. The highest BCUT2D eigenvalue weighted by molar-refractivity contribution is 5.79. The number of fused-ring (bicyclic) bond motifs is 1. The summed E-state index contributed by atoms with van der Waals surface area (Å²) in [5, 5.41) is 11.4. The number of hydrogen-bond acceptors (Lipinski definition) is 3. The van der Waals surface area contributed by atoms with Gasteiger partial charge in [0.25, 0.3) is 0 Å². The van der Waals surface area contributed by atoms with E-state index in [-0.39, 0.29) is 17.9 Å². The van der Waals surface area contributed by atoms with Crippen LogP contribution in [0.4, 0.5) is 0 Å². The van der Waals surface area contributed by atoms with Crippen molar-refractivity contribution in [1.29, 1.82) is 0 Å². The van der Waals surface area contributed by atoms with Gasteiger partial charge in [-0.1, -0.05) is 25.3 Å². The van der Waals surface area contributed by atoms with Gasteiger partial charge in [0.15, 0.2) is 11.5 Å². The molecule has 3 rings (SSSR count). The maximum absolute atomic E-state index is 12.3. The lowest BCUT2D eigenvalue weighted by atomic mass is 9.88. The van der Waals surface area contributed by atoms with Gasteiger partial charge >= 0.3 is 0 Å². The second-order valence-corrected chi connectivity index (χ2v) is 5.55. The molecule has 0 spiro atoms. The van der Waals surface area contributed by atoms with E-state index in [1.165, 1.54) is 19.3 Å². The van der Waals surface area contributed by atoms with E-state index in [0.717, 1.165) is 24.3 Å². The van der Waals surface area contributed by atoms with Gasteiger partial charge in [-0.05, 0) is 31.9 Å². The number of hydrogen-bond donors (Lipinski definition) is 1. The fraction of sp³-hybridized carbons (Fsp3) is 0.533. The summed E-state index contributed by atoms with van der Waals surface area (Å²) in [6.45, 7) is 1.96. The average molecular weight is 272 g/mol.